The van der Waals surface area contributed by atoms with Gasteiger partial charge in [-0.1, -0.05) is 24.6 Å². The van der Waals surface area contributed by atoms with E-state index in [9.17, 15) is 18.0 Å². The van der Waals surface area contributed by atoms with Gasteiger partial charge in [-0.3, -0.25) is 4.79 Å². The highest BCUT2D eigenvalue weighted by molar-refractivity contribution is 5.69. The fourth-order valence-electron chi connectivity index (χ4n) is 4.29. The normalized spacial score (nSPS) is 20.3. The summed E-state index contributed by atoms with van der Waals surface area (Å²) in [6, 6.07) is 5.34. The van der Waals surface area contributed by atoms with Crippen molar-refractivity contribution < 1.29 is 22.7 Å². The Morgan fingerprint density at radius 1 is 1.13 bits per heavy atom. The molecule has 30 heavy (non-hydrogen) atoms. The number of ether oxygens (including phenoxy) is 1. The van der Waals surface area contributed by atoms with Gasteiger partial charge in [0.05, 0.1) is 18.6 Å². The van der Waals surface area contributed by atoms with Crippen LogP contribution in [0.1, 0.15) is 63.0 Å². The molecule has 1 aromatic rings. The van der Waals surface area contributed by atoms with Gasteiger partial charge in [-0.25, -0.2) is 0 Å². The number of halogens is 3. The third-order valence-electron chi connectivity index (χ3n) is 5.72. The van der Waals surface area contributed by atoms with Crippen molar-refractivity contribution in [1.29, 1.82) is 0 Å². The van der Waals surface area contributed by atoms with Gasteiger partial charge < -0.3 is 9.64 Å². The van der Waals surface area contributed by atoms with E-state index in [1.807, 2.05) is 0 Å². The molecule has 0 radical (unpaired) electrons. The van der Waals surface area contributed by atoms with Crippen LogP contribution in [-0.2, 0) is 22.3 Å². The predicted molar refractivity (Wildman–Crippen MR) is 110 cm³/mol. The summed E-state index contributed by atoms with van der Waals surface area (Å²) in [5, 5.41) is 0. The van der Waals surface area contributed by atoms with E-state index in [-0.39, 0.29) is 11.9 Å². The molecular weight excluding hydrogens is 391 g/mol. The van der Waals surface area contributed by atoms with E-state index in [2.05, 4.69) is 17.2 Å². The van der Waals surface area contributed by atoms with Gasteiger partial charge in [-0.15, -0.1) is 0 Å². The number of carbonyl (C=O) groups excluding carboxylic acids is 1. The molecule has 2 aliphatic rings. The van der Waals surface area contributed by atoms with Crippen LogP contribution in [0.15, 0.2) is 47.7 Å². The smallest absolute Gasteiger partial charge is 0.416 e. The Bertz CT molecular complexity index is 781. The average molecular weight is 422 g/mol. The highest BCUT2D eigenvalue weighted by Gasteiger charge is 2.30. The van der Waals surface area contributed by atoms with Crippen molar-refractivity contribution in [2.45, 2.75) is 64.6 Å². The number of benzene rings is 1. The van der Waals surface area contributed by atoms with Crippen LogP contribution in [0, 0.1) is 5.92 Å². The van der Waals surface area contributed by atoms with Crippen LogP contribution in [-0.4, -0.2) is 24.0 Å². The fraction of sp³-hybridized carbons (Fsp3) is 0.542. The molecule has 1 aliphatic carbocycles. The fourth-order valence-corrected chi connectivity index (χ4v) is 4.29. The number of carbonyl (C=O) groups is 1. The van der Waals surface area contributed by atoms with E-state index < -0.39 is 11.7 Å². The Hall–Kier alpha value is -2.24. The van der Waals surface area contributed by atoms with Gasteiger partial charge in [-0.05, 0) is 73.8 Å². The van der Waals surface area contributed by atoms with Gasteiger partial charge in [0.15, 0.2) is 0 Å². The lowest BCUT2D eigenvalue weighted by Crippen LogP contribution is -2.31. The topological polar surface area (TPSA) is 29.5 Å². The molecule has 6 heteroatoms. The summed E-state index contributed by atoms with van der Waals surface area (Å²) < 4.78 is 43.6. The zero-order chi connectivity index (χ0) is 21.6. The SMILES string of the molecule is CCOC(=O)CC1CC(C2=CCCCCC2)=CN(Cc2ccc(C(F)(F)F)cc2)C1. The predicted octanol–water partition coefficient (Wildman–Crippen LogP) is 6.25. The Morgan fingerprint density at radius 2 is 1.90 bits per heavy atom. The standard InChI is InChI=1S/C24H30F3NO2/c1-2-30-23(29)14-19-13-21(20-7-5-3-4-6-8-20)17-28(16-19)15-18-9-11-22(12-10-18)24(25,26)27/h7,9-12,17,19H,2-6,8,13-16H2,1H3. The molecule has 1 aliphatic heterocycles. The lowest BCUT2D eigenvalue weighted by atomic mass is 9.87. The second-order valence-electron chi connectivity index (χ2n) is 8.19. The Morgan fingerprint density at radius 3 is 2.60 bits per heavy atom. The highest BCUT2D eigenvalue weighted by Crippen LogP contribution is 2.34. The van der Waals surface area contributed by atoms with Crippen molar-refractivity contribution in [3.8, 4) is 0 Å². The molecule has 1 unspecified atom stereocenters. The van der Waals surface area contributed by atoms with E-state index in [1.54, 1.807) is 6.92 Å². The van der Waals surface area contributed by atoms with E-state index in [0.717, 1.165) is 37.0 Å². The highest BCUT2D eigenvalue weighted by atomic mass is 19.4. The molecule has 3 rings (SSSR count). The van der Waals surface area contributed by atoms with Crippen LogP contribution < -0.4 is 0 Å². The maximum Gasteiger partial charge on any atom is 0.416 e. The first kappa shape index (κ1) is 22.4. The minimum Gasteiger partial charge on any atom is -0.466 e. The summed E-state index contributed by atoms with van der Waals surface area (Å²) in [4.78, 5) is 14.2. The van der Waals surface area contributed by atoms with E-state index in [0.29, 0.717) is 26.1 Å². The Kier molecular flexibility index (Phi) is 7.62. The van der Waals surface area contributed by atoms with Crippen molar-refractivity contribution in [3.05, 3.63) is 58.8 Å². The number of nitrogens with zero attached hydrogens (tertiary/aromatic N) is 1. The molecule has 0 N–H and O–H groups in total. The summed E-state index contributed by atoms with van der Waals surface area (Å²) in [6.45, 7) is 3.39. The first-order valence-corrected chi connectivity index (χ1v) is 10.8. The van der Waals surface area contributed by atoms with Crippen molar-refractivity contribution in [2.24, 2.45) is 5.92 Å². The van der Waals surface area contributed by atoms with Crippen LogP contribution in [0.5, 0.6) is 0 Å². The molecule has 1 atom stereocenters. The number of hydrogen-bond donors (Lipinski definition) is 0. The summed E-state index contributed by atoms with van der Waals surface area (Å²) in [5.74, 6) is -0.0456. The quantitative estimate of drug-likeness (QED) is 0.508. The van der Waals surface area contributed by atoms with E-state index in [1.165, 1.54) is 42.5 Å². The lowest BCUT2D eigenvalue weighted by molar-refractivity contribution is -0.144. The second-order valence-corrected chi connectivity index (χ2v) is 8.19. The van der Waals surface area contributed by atoms with Gasteiger partial charge in [0.1, 0.15) is 0 Å². The largest absolute Gasteiger partial charge is 0.466 e. The van der Waals surface area contributed by atoms with Crippen molar-refractivity contribution in [1.82, 2.24) is 4.90 Å². The Labute approximate surface area is 176 Å². The van der Waals surface area contributed by atoms with E-state index >= 15 is 0 Å². The third-order valence-corrected chi connectivity index (χ3v) is 5.72. The third kappa shape index (κ3) is 6.38. The molecule has 164 valence electrons. The minimum absolute atomic E-state index is 0.141. The number of allylic oxidation sites excluding steroid dienone is 3. The molecule has 1 heterocycles. The summed E-state index contributed by atoms with van der Waals surface area (Å²) in [7, 11) is 0. The van der Waals surface area contributed by atoms with Gasteiger partial charge >= 0.3 is 12.1 Å². The minimum atomic E-state index is -4.33. The van der Waals surface area contributed by atoms with E-state index in [4.69, 9.17) is 4.74 Å². The first-order valence-electron chi connectivity index (χ1n) is 10.8. The summed E-state index contributed by atoms with van der Waals surface area (Å²) >= 11 is 0. The molecule has 0 bridgehead atoms. The number of hydrogen-bond acceptors (Lipinski definition) is 3. The molecule has 1 aromatic carbocycles. The maximum atomic E-state index is 12.8. The zero-order valence-electron chi connectivity index (χ0n) is 17.5. The maximum absolute atomic E-state index is 12.8. The molecular formula is C24H30F3NO2. The summed E-state index contributed by atoms with van der Waals surface area (Å²) in [6.07, 6.45) is 7.08. The van der Waals surface area contributed by atoms with Gasteiger partial charge in [0.2, 0.25) is 0 Å². The van der Waals surface area contributed by atoms with Crippen LogP contribution in [0.2, 0.25) is 0 Å². The second kappa shape index (κ2) is 10.2. The van der Waals surface area contributed by atoms with Gasteiger partial charge in [0, 0.05) is 19.3 Å². The zero-order valence-corrected chi connectivity index (χ0v) is 17.5. The van der Waals surface area contributed by atoms with Crippen molar-refractivity contribution in [2.75, 3.05) is 13.2 Å². The van der Waals surface area contributed by atoms with Crippen LogP contribution in [0.4, 0.5) is 13.2 Å². The number of esters is 1. The summed E-state index contributed by atoms with van der Waals surface area (Å²) in [5.41, 5.74) is 2.80. The monoisotopic (exact) mass is 421 g/mol. The molecule has 3 nitrogen and oxygen atoms in total. The van der Waals surface area contributed by atoms with Crippen molar-refractivity contribution in [3.63, 3.8) is 0 Å². The van der Waals surface area contributed by atoms with Crippen molar-refractivity contribution >= 4 is 5.97 Å². The molecule has 0 fully saturated rings. The molecule has 0 amide bonds. The molecule has 0 saturated carbocycles. The lowest BCUT2D eigenvalue weighted by Gasteiger charge is -2.33. The molecule has 0 saturated heterocycles. The molecule has 0 spiro atoms. The van der Waals surface area contributed by atoms with Crippen LogP contribution in [0.25, 0.3) is 0 Å². The molecule has 0 aromatic heterocycles. The Balaban J connectivity index is 1.76. The van der Waals surface area contributed by atoms with Crippen LogP contribution >= 0.6 is 0 Å². The number of alkyl halides is 3. The van der Waals surface area contributed by atoms with Gasteiger partial charge in [0.25, 0.3) is 0 Å². The first-order chi connectivity index (χ1) is 14.3. The van der Waals surface area contributed by atoms with Gasteiger partial charge in [-0.2, -0.15) is 13.2 Å². The number of rotatable bonds is 6. The van der Waals surface area contributed by atoms with Crippen LogP contribution in [0.3, 0.4) is 0 Å². The average Bonchev–Trinajstić information content (AvgIpc) is 2.97.